The number of rotatable bonds is 16. The molecule has 2 aromatic rings. The van der Waals surface area contributed by atoms with E-state index in [1.807, 2.05) is 43.4 Å². The van der Waals surface area contributed by atoms with Gasteiger partial charge in [0.05, 0.1) is 13.2 Å². The van der Waals surface area contributed by atoms with Crippen molar-refractivity contribution in [3.05, 3.63) is 64.2 Å². The maximum atomic E-state index is 13.0. The number of amides is 1. The van der Waals surface area contributed by atoms with E-state index in [-0.39, 0.29) is 11.9 Å². The van der Waals surface area contributed by atoms with Gasteiger partial charge in [-0.05, 0) is 61.3 Å². The Morgan fingerprint density at radius 3 is 2.64 bits per heavy atom. The number of hydrogen-bond donors (Lipinski definition) is 2. The van der Waals surface area contributed by atoms with Crippen molar-refractivity contribution in [3.63, 3.8) is 0 Å². The van der Waals surface area contributed by atoms with E-state index in [0.29, 0.717) is 49.1 Å². The van der Waals surface area contributed by atoms with Crippen molar-refractivity contribution in [3.8, 4) is 5.75 Å². The standard InChI is InChI=1S/C26H37ClN2O4/c1-4-5-11-32-19-24(28-2)18-29-26(30)22-14-21(13-20-8-6-9-23(27)15-20)16-25(17-22)33-12-7-10-31-3/h6,8-9,14-17,24,28H,4-5,7,10-13,18-19H2,1-3H3,(H,29,30). The zero-order valence-corrected chi connectivity index (χ0v) is 20.7. The molecule has 0 saturated carbocycles. The molecular formula is C26H37ClN2O4. The summed E-state index contributed by atoms with van der Waals surface area (Å²) in [4.78, 5) is 13.0. The molecule has 6 nitrogen and oxygen atoms in total. The number of likely N-dealkylation sites (N-methyl/N-ethyl adjacent to an activating group) is 1. The van der Waals surface area contributed by atoms with Gasteiger partial charge in [-0.1, -0.05) is 37.1 Å². The lowest BCUT2D eigenvalue weighted by molar-refractivity contribution is 0.0912. The van der Waals surface area contributed by atoms with Crippen LogP contribution in [0.4, 0.5) is 0 Å². The van der Waals surface area contributed by atoms with Crippen LogP contribution in [0, 0.1) is 0 Å². The van der Waals surface area contributed by atoms with Crippen molar-refractivity contribution in [2.75, 3.05) is 47.1 Å². The number of carbonyl (C=O) groups excluding carboxylic acids is 1. The van der Waals surface area contributed by atoms with Crippen LogP contribution >= 0.6 is 11.6 Å². The van der Waals surface area contributed by atoms with Gasteiger partial charge in [0.15, 0.2) is 0 Å². The van der Waals surface area contributed by atoms with Crippen LogP contribution in [0.2, 0.25) is 5.02 Å². The molecule has 1 atom stereocenters. The normalized spacial score (nSPS) is 11.9. The largest absolute Gasteiger partial charge is 0.493 e. The van der Waals surface area contributed by atoms with Crippen molar-refractivity contribution in [2.45, 2.75) is 38.6 Å². The number of benzene rings is 2. The Bertz CT molecular complexity index is 847. The number of carbonyl (C=O) groups is 1. The minimum atomic E-state index is -0.140. The van der Waals surface area contributed by atoms with Crippen LogP contribution in [0.25, 0.3) is 0 Å². The van der Waals surface area contributed by atoms with Gasteiger partial charge in [-0.3, -0.25) is 4.79 Å². The zero-order chi connectivity index (χ0) is 23.9. The first kappa shape index (κ1) is 27.1. The smallest absolute Gasteiger partial charge is 0.251 e. The summed E-state index contributed by atoms with van der Waals surface area (Å²) in [5.74, 6) is 0.530. The van der Waals surface area contributed by atoms with Gasteiger partial charge >= 0.3 is 0 Å². The lowest BCUT2D eigenvalue weighted by atomic mass is 10.0. The van der Waals surface area contributed by atoms with E-state index in [0.717, 1.165) is 37.0 Å². The SMILES string of the molecule is CCCCOCC(CNC(=O)c1cc(Cc2cccc(Cl)c2)cc(OCCCOC)c1)NC. The number of hydrogen-bond acceptors (Lipinski definition) is 5. The van der Waals surface area contributed by atoms with E-state index in [9.17, 15) is 4.79 Å². The van der Waals surface area contributed by atoms with Crippen molar-refractivity contribution in [1.29, 1.82) is 0 Å². The Balaban J connectivity index is 2.07. The molecule has 7 heteroatoms. The first-order valence-corrected chi connectivity index (χ1v) is 12.0. The number of unbranched alkanes of at least 4 members (excludes halogenated alkanes) is 1. The highest BCUT2D eigenvalue weighted by Crippen LogP contribution is 2.22. The van der Waals surface area contributed by atoms with E-state index in [1.54, 1.807) is 13.2 Å². The molecule has 182 valence electrons. The van der Waals surface area contributed by atoms with Crippen molar-refractivity contribution in [2.24, 2.45) is 0 Å². The second kappa shape index (κ2) is 15.7. The molecule has 0 fully saturated rings. The van der Waals surface area contributed by atoms with Gasteiger partial charge in [-0.2, -0.15) is 0 Å². The van der Waals surface area contributed by atoms with Gasteiger partial charge in [0.25, 0.3) is 5.91 Å². The first-order chi connectivity index (χ1) is 16.0. The second-order valence-corrected chi connectivity index (χ2v) is 8.43. The van der Waals surface area contributed by atoms with Gasteiger partial charge < -0.3 is 24.8 Å². The molecule has 0 aliphatic rings. The highest BCUT2D eigenvalue weighted by Gasteiger charge is 2.13. The van der Waals surface area contributed by atoms with Crippen LogP contribution in [-0.2, 0) is 15.9 Å². The molecule has 0 heterocycles. The molecular weight excluding hydrogens is 440 g/mol. The molecule has 0 aliphatic carbocycles. The van der Waals surface area contributed by atoms with E-state index < -0.39 is 0 Å². The van der Waals surface area contributed by atoms with E-state index >= 15 is 0 Å². The first-order valence-electron chi connectivity index (χ1n) is 11.6. The molecule has 1 amide bonds. The third-order valence-electron chi connectivity index (χ3n) is 5.17. The third kappa shape index (κ3) is 10.6. The molecule has 0 radical (unpaired) electrons. The summed E-state index contributed by atoms with van der Waals surface area (Å²) in [5, 5.41) is 6.91. The Morgan fingerprint density at radius 2 is 1.91 bits per heavy atom. The molecule has 2 aromatic carbocycles. The molecule has 33 heavy (non-hydrogen) atoms. The average Bonchev–Trinajstić information content (AvgIpc) is 2.81. The van der Waals surface area contributed by atoms with Crippen LogP contribution in [0.1, 0.15) is 47.7 Å². The molecule has 0 aliphatic heterocycles. The molecule has 2 N–H and O–H groups in total. The van der Waals surface area contributed by atoms with Gasteiger partial charge in [-0.25, -0.2) is 0 Å². The second-order valence-electron chi connectivity index (χ2n) is 7.99. The molecule has 0 bridgehead atoms. The quantitative estimate of drug-likeness (QED) is 0.349. The Morgan fingerprint density at radius 1 is 1.06 bits per heavy atom. The van der Waals surface area contributed by atoms with Crippen LogP contribution in [0.3, 0.4) is 0 Å². The lowest BCUT2D eigenvalue weighted by Gasteiger charge is -2.18. The fourth-order valence-corrected chi connectivity index (χ4v) is 3.50. The summed E-state index contributed by atoms with van der Waals surface area (Å²) in [7, 11) is 3.54. The molecule has 1 unspecified atom stereocenters. The predicted molar refractivity (Wildman–Crippen MR) is 134 cm³/mol. The van der Waals surface area contributed by atoms with Crippen LogP contribution < -0.4 is 15.4 Å². The third-order valence-corrected chi connectivity index (χ3v) is 5.40. The monoisotopic (exact) mass is 476 g/mol. The summed E-state index contributed by atoms with van der Waals surface area (Å²) in [6.45, 7) is 5.05. The van der Waals surface area contributed by atoms with Crippen molar-refractivity contribution < 1.29 is 19.0 Å². The van der Waals surface area contributed by atoms with Crippen molar-refractivity contribution >= 4 is 17.5 Å². The highest BCUT2D eigenvalue weighted by molar-refractivity contribution is 6.30. The fourth-order valence-electron chi connectivity index (χ4n) is 3.29. The summed E-state index contributed by atoms with van der Waals surface area (Å²) in [5.41, 5.74) is 2.63. The molecule has 0 spiro atoms. The molecule has 2 rings (SSSR count). The minimum absolute atomic E-state index is 0.0465. The average molecular weight is 477 g/mol. The van der Waals surface area contributed by atoms with Crippen LogP contribution in [0.5, 0.6) is 5.75 Å². The summed E-state index contributed by atoms with van der Waals surface area (Å²) in [6.07, 6.45) is 3.57. The highest BCUT2D eigenvalue weighted by atomic mass is 35.5. The van der Waals surface area contributed by atoms with Crippen LogP contribution in [-0.4, -0.2) is 59.1 Å². The molecule has 0 saturated heterocycles. The summed E-state index contributed by atoms with van der Waals surface area (Å²) < 4.78 is 16.7. The molecule has 0 aromatic heterocycles. The van der Waals surface area contributed by atoms with Crippen molar-refractivity contribution in [1.82, 2.24) is 10.6 Å². The predicted octanol–water partition coefficient (Wildman–Crippen LogP) is 4.48. The maximum Gasteiger partial charge on any atom is 0.251 e. The zero-order valence-electron chi connectivity index (χ0n) is 20.0. The van der Waals surface area contributed by atoms with Crippen LogP contribution in [0.15, 0.2) is 42.5 Å². The number of ether oxygens (including phenoxy) is 3. The summed E-state index contributed by atoms with van der Waals surface area (Å²) in [6, 6.07) is 13.4. The van der Waals surface area contributed by atoms with Gasteiger partial charge in [-0.15, -0.1) is 0 Å². The van der Waals surface area contributed by atoms with Gasteiger partial charge in [0, 0.05) is 49.9 Å². The lowest BCUT2D eigenvalue weighted by Crippen LogP contribution is -2.42. The minimum Gasteiger partial charge on any atom is -0.493 e. The van der Waals surface area contributed by atoms with Gasteiger partial charge in [0.2, 0.25) is 0 Å². The number of halogens is 1. The number of methoxy groups -OCH3 is 1. The number of nitrogens with one attached hydrogen (secondary N) is 2. The topological polar surface area (TPSA) is 68.8 Å². The fraction of sp³-hybridized carbons (Fsp3) is 0.500. The maximum absolute atomic E-state index is 13.0. The van der Waals surface area contributed by atoms with Gasteiger partial charge in [0.1, 0.15) is 5.75 Å². The summed E-state index contributed by atoms with van der Waals surface area (Å²) >= 11 is 6.14. The Hall–Kier alpha value is -2.12. The van der Waals surface area contributed by atoms with E-state index in [2.05, 4.69) is 17.6 Å². The van der Waals surface area contributed by atoms with E-state index in [1.165, 1.54) is 0 Å². The Labute approximate surface area is 203 Å². The van der Waals surface area contributed by atoms with E-state index in [4.69, 9.17) is 25.8 Å². The Kier molecular flexibility index (Phi) is 12.9.